The summed E-state index contributed by atoms with van der Waals surface area (Å²) in [6.45, 7) is 7.42. The van der Waals surface area contributed by atoms with Crippen molar-refractivity contribution in [2.24, 2.45) is 5.92 Å². The van der Waals surface area contributed by atoms with Gasteiger partial charge in [0.2, 0.25) is 0 Å². The number of nitrogens with zero attached hydrogens (tertiary/aromatic N) is 3. The number of carboxylic acids is 3. The number of carbonyl (C=O) groups is 3. The fourth-order valence-corrected chi connectivity index (χ4v) is 6.07. The zero-order valence-electron chi connectivity index (χ0n) is 29.3. The number of aliphatic carboxylic acids is 3. The molecule has 1 aliphatic heterocycles. The average molecular weight is 675 g/mol. The minimum absolute atomic E-state index is 0.0704. The van der Waals surface area contributed by atoms with E-state index in [1.807, 2.05) is 0 Å². The van der Waals surface area contributed by atoms with Gasteiger partial charge >= 0.3 is 17.9 Å². The van der Waals surface area contributed by atoms with Gasteiger partial charge in [0.15, 0.2) is 0 Å². The molecule has 3 atom stereocenters. The normalized spacial score (nSPS) is 19.1. The molecule has 0 aliphatic carbocycles. The van der Waals surface area contributed by atoms with Gasteiger partial charge in [0.05, 0.1) is 39.0 Å². The van der Waals surface area contributed by atoms with E-state index in [4.69, 9.17) is 9.47 Å². The van der Waals surface area contributed by atoms with E-state index < -0.39 is 36.0 Å². The van der Waals surface area contributed by atoms with Gasteiger partial charge in [0.25, 0.3) is 0 Å². The Morgan fingerprint density at radius 1 is 0.660 bits per heavy atom. The van der Waals surface area contributed by atoms with Gasteiger partial charge in [-0.25, -0.2) is 0 Å². The summed E-state index contributed by atoms with van der Waals surface area (Å²) in [5.41, 5.74) is 0. The van der Waals surface area contributed by atoms with E-state index in [0.717, 1.165) is 38.5 Å². The SMILES string of the molecule is CCCCCCCCOCC(O)C(COCCCCCCCC)C1CN(CC(=O)O)CCN(CC(=O)O)CCNCCN1CC(=O)O. The van der Waals surface area contributed by atoms with E-state index >= 15 is 0 Å². The molecule has 0 amide bonds. The Bertz CT molecular complexity index is 822. The van der Waals surface area contributed by atoms with E-state index in [-0.39, 0.29) is 45.9 Å². The molecular weight excluding hydrogens is 608 g/mol. The molecule has 0 aromatic carbocycles. The van der Waals surface area contributed by atoms with Crippen LogP contribution in [-0.4, -0.2) is 157 Å². The monoisotopic (exact) mass is 674 g/mol. The molecule has 1 heterocycles. The summed E-state index contributed by atoms with van der Waals surface area (Å²) in [6.07, 6.45) is 12.4. The van der Waals surface area contributed by atoms with E-state index in [0.29, 0.717) is 45.9 Å². The molecule has 0 radical (unpaired) electrons. The lowest BCUT2D eigenvalue weighted by molar-refractivity contribution is -0.142. The number of aliphatic hydroxyl groups excluding tert-OH is 1. The Labute approximate surface area is 282 Å². The highest BCUT2D eigenvalue weighted by atomic mass is 16.5. The molecule has 1 fully saturated rings. The van der Waals surface area contributed by atoms with Gasteiger partial charge in [-0.05, 0) is 12.8 Å². The lowest BCUT2D eigenvalue weighted by atomic mass is 9.92. The standard InChI is InChI=1S/C34H66N4O9/c1-3-5-7-9-11-13-21-46-27-29(31(39)28-47-22-14-12-10-8-6-4-2)30-23-37(25-33(42)43)20-19-36(24-32(40)41)17-15-35-16-18-38(30)26-34(44)45/h29-31,35,39H,3-28H2,1-2H3,(H,40,41)(H,42,43)(H,44,45). The molecule has 0 aromatic rings. The molecule has 0 aromatic heterocycles. The molecule has 1 aliphatic rings. The van der Waals surface area contributed by atoms with Crippen molar-refractivity contribution in [1.29, 1.82) is 0 Å². The van der Waals surface area contributed by atoms with Crippen molar-refractivity contribution >= 4 is 17.9 Å². The number of ether oxygens (including phenoxy) is 2. The van der Waals surface area contributed by atoms with Crippen LogP contribution in [0.2, 0.25) is 0 Å². The maximum atomic E-state index is 12.1. The molecule has 0 spiro atoms. The van der Waals surface area contributed by atoms with E-state index in [1.54, 1.807) is 14.7 Å². The van der Waals surface area contributed by atoms with Crippen molar-refractivity contribution in [3.8, 4) is 0 Å². The molecule has 5 N–H and O–H groups in total. The predicted molar refractivity (Wildman–Crippen MR) is 182 cm³/mol. The first-order valence-electron chi connectivity index (χ1n) is 18.1. The Morgan fingerprint density at radius 2 is 1.15 bits per heavy atom. The number of carboxylic acid groups (broad SMARTS) is 3. The zero-order valence-corrected chi connectivity index (χ0v) is 29.3. The van der Waals surface area contributed by atoms with Crippen molar-refractivity contribution < 1.29 is 44.3 Å². The Kier molecular flexibility index (Phi) is 25.7. The largest absolute Gasteiger partial charge is 0.480 e. The van der Waals surface area contributed by atoms with Crippen LogP contribution < -0.4 is 5.32 Å². The Hall–Kier alpha value is -1.87. The fraction of sp³-hybridized carbons (Fsp3) is 0.912. The topological polar surface area (TPSA) is 172 Å². The van der Waals surface area contributed by atoms with Crippen LogP contribution in [0.3, 0.4) is 0 Å². The Morgan fingerprint density at radius 3 is 1.72 bits per heavy atom. The zero-order chi connectivity index (χ0) is 34.7. The molecule has 47 heavy (non-hydrogen) atoms. The summed E-state index contributed by atoms with van der Waals surface area (Å²) in [6, 6.07) is -0.559. The van der Waals surface area contributed by atoms with Gasteiger partial charge in [-0.3, -0.25) is 29.1 Å². The van der Waals surface area contributed by atoms with Crippen LogP contribution in [0.25, 0.3) is 0 Å². The molecule has 0 saturated carbocycles. The number of unbranched alkanes of at least 4 members (excludes halogenated alkanes) is 10. The first-order valence-corrected chi connectivity index (χ1v) is 18.1. The van der Waals surface area contributed by atoms with Crippen molar-refractivity contribution in [2.75, 3.05) is 91.9 Å². The highest BCUT2D eigenvalue weighted by Gasteiger charge is 2.36. The van der Waals surface area contributed by atoms with Crippen LogP contribution in [0.15, 0.2) is 0 Å². The maximum Gasteiger partial charge on any atom is 0.317 e. The number of hydrogen-bond donors (Lipinski definition) is 5. The predicted octanol–water partition coefficient (Wildman–Crippen LogP) is 2.85. The van der Waals surface area contributed by atoms with Crippen molar-refractivity contribution in [3.63, 3.8) is 0 Å². The third-order valence-corrected chi connectivity index (χ3v) is 8.76. The second kappa shape index (κ2) is 28.0. The summed E-state index contributed by atoms with van der Waals surface area (Å²) in [7, 11) is 0. The molecule has 3 unspecified atom stereocenters. The minimum Gasteiger partial charge on any atom is -0.480 e. The molecule has 0 bridgehead atoms. The second-order valence-corrected chi connectivity index (χ2v) is 12.9. The lowest BCUT2D eigenvalue weighted by Gasteiger charge is -2.41. The fourth-order valence-electron chi connectivity index (χ4n) is 6.07. The number of aliphatic hydroxyl groups is 1. The lowest BCUT2D eigenvalue weighted by Crippen LogP contribution is -2.57. The average Bonchev–Trinajstić information content (AvgIpc) is 3.01. The van der Waals surface area contributed by atoms with Crippen LogP contribution in [0.1, 0.15) is 90.9 Å². The first-order chi connectivity index (χ1) is 22.7. The van der Waals surface area contributed by atoms with Gasteiger partial charge in [-0.15, -0.1) is 0 Å². The van der Waals surface area contributed by atoms with Gasteiger partial charge in [-0.2, -0.15) is 0 Å². The van der Waals surface area contributed by atoms with Crippen LogP contribution in [0, 0.1) is 5.92 Å². The van der Waals surface area contributed by atoms with Crippen molar-refractivity contribution in [3.05, 3.63) is 0 Å². The third-order valence-electron chi connectivity index (χ3n) is 8.76. The first kappa shape index (κ1) is 43.2. The number of nitrogens with one attached hydrogen (secondary N) is 1. The summed E-state index contributed by atoms with van der Waals surface area (Å²) < 4.78 is 12.1. The minimum atomic E-state index is -1.04. The van der Waals surface area contributed by atoms with Crippen LogP contribution in [-0.2, 0) is 23.9 Å². The smallest absolute Gasteiger partial charge is 0.317 e. The van der Waals surface area contributed by atoms with Gasteiger partial charge in [0.1, 0.15) is 0 Å². The number of rotatable bonds is 26. The molecular formula is C34H66N4O9. The van der Waals surface area contributed by atoms with Crippen molar-refractivity contribution in [2.45, 2.75) is 103 Å². The second-order valence-electron chi connectivity index (χ2n) is 12.9. The Balaban J connectivity index is 3.18. The summed E-state index contributed by atoms with van der Waals surface area (Å²) in [5, 5.41) is 43.9. The number of hydrogen-bond acceptors (Lipinski definition) is 10. The molecule has 13 heteroatoms. The van der Waals surface area contributed by atoms with Crippen LogP contribution >= 0.6 is 0 Å². The van der Waals surface area contributed by atoms with Gasteiger partial charge in [-0.1, -0.05) is 78.1 Å². The summed E-state index contributed by atoms with van der Waals surface area (Å²) in [4.78, 5) is 40.8. The third kappa shape index (κ3) is 22.4. The highest BCUT2D eigenvalue weighted by Crippen LogP contribution is 2.20. The maximum absolute atomic E-state index is 12.1. The summed E-state index contributed by atoms with van der Waals surface area (Å²) in [5.74, 6) is -3.56. The molecule has 276 valence electrons. The highest BCUT2D eigenvalue weighted by molar-refractivity contribution is 5.70. The van der Waals surface area contributed by atoms with E-state index in [9.17, 15) is 34.8 Å². The molecule has 1 rings (SSSR count). The molecule has 13 nitrogen and oxygen atoms in total. The quantitative estimate of drug-likeness (QED) is 0.0849. The van der Waals surface area contributed by atoms with Gasteiger partial charge in [0, 0.05) is 71.0 Å². The van der Waals surface area contributed by atoms with Crippen molar-refractivity contribution in [1.82, 2.24) is 20.0 Å². The molecule has 1 saturated heterocycles. The summed E-state index contributed by atoms with van der Waals surface area (Å²) >= 11 is 0. The van der Waals surface area contributed by atoms with Crippen LogP contribution in [0.5, 0.6) is 0 Å². The van der Waals surface area contributed by atoms with E-state index in [2.05, 4.69) is 19.2 Å². The van der Waals surface area contributed by atoms with E-state index in [1.165, 1.54) is 38.5 Å². The van der Waals surface area contributed by atoms with Gasteiger partial charge < -0.3 is 35.2 Å². The van der Waals surface area contributed by atoms with Crippen LogP contribution in [0.4, 0.5) is 0 Å².